The van der Waals surface area contributed by atoms with Gasteiger partial charge in [0.1, 0.15) is 23.3 Å². The van der Waals surface area contributed by atoms with Crippen LogP contribution >= 0.6 is 0 Å². The van der Waals surface area contributed by atoms with Gasteiger partial charge in [-0.1, -0.05) is 48.5 Å². The summed E-state index contributed by atoms with van der Waals surface area (Å²) < 4.78 is 5.82. The van der Waals surface area contributed by atoms with Crippen molar-refractivity contribution in [1.29, 1.82) is 5.26 Å². The van der Waals surface area contributed by atoms with Gasteiger partial charge in [0.2, 0.25) is 0 Å². The molecular weight excluding hydrogens is 324 g/mol. The highest BCUT2D eigenvalue weighted by atomic mass is 16.5. The number of H-pyrrole nitrogens is 1. The van der Waals surface area contributed by atoms with Gasteiger partial charge in [-0.05, 0) is 41.5 Å². The molecule has 5 nitrogen and oxygen atoms in total. The molecular formula is C21H14N4O. The molecule has 0 unspecified atom stereocenters. The first-order valence-corrected chi connectivity index (χ1v) is 8.08. The van der Waals surface area contributed by atoms with Gasteiger partial charge in [-0.3, -0.25) is 0 Å². The van der Waals surface area contributed by atoms with Crippen LogP contribution in [0.5, 0.6) is 11.5 Å². The van der Waals surface area contributed by atoms with E-state index in [4.69, 9.17) is 10.00 Å². The first kappa shape index (κ1) is 15.6. The molecule has 0 aliphatic rings. The number of rotatable bonds is 4. The number of aromatic nitrogens is 3. The van der Waals surface area contributed by atoms with Gasteiger partial charge in [0.15, 0.2) is 5.69 Å². The Morgan fingerprint density at radius 3 is 2.23 bits per heavy atom. The van der Waals surface area contributed by atoms with Gasteiger partial charge in [-0.2, -0.15) is 15.6 Å². The molecule has 0 aliphatic carbocycles. The maximum absolute atomic E-state index is 9.12. The van der Waals surface area contributed by atoms with E-state index >= 15 is 0 Å². The van der Waals surface area contributed by atoms with Crippen molar-refractivity contribution in [3.05, 3.63) is 84.6 Å². The molecule has 0 radical (unpaired) electrons. The third-order valence-electron chi connectivity index (χ3n) is 3.96. The lowest BCUT2D eigenvalue weighted by Crippen LogP contribution is -1.86. The smallest absolute Gasteiger partial charge is 0.190 e. The number of nitrogens with zero attached hydrogens (tertiary/aromatic N) is 3. The molecule has 3 aromatic carbocycles. The van der Waals surface area contributed by atoms with Crippen molar-refractivity contribution in [1.82, 2.24) is 15.4 Å². The maximum Gasteiger partial charge on any atom is 0.190 e. The van der Waals surface area contributed by atoms with Gasteiger partial charge in [0.25, 0.3) is 0 Å². The number of benzene rings is 3. The Kier molecular flexibility index (Phi) is 4.15. The van der Waals surface area contributed by atoms with E-state index in [1.54, 1.807) is 0 Å². The van der Waals surface area contributed by atoms with Crippen molar-refractivity contribution in [2.24, 2.45) is 0 Å². The molecule has 0 fully saturated rings. The average molecular weight is 338 g/mol. The lowest BCUT2D eigenvalue weighted by molar-refractivity contribution is 0.483. The molecule has 0 saturated carbocycles. The van der Waals surface area contributed by atoms with Gasteiger partial charge < -0.3 is 4.74 Å². The number of nitriles is 1. The minimum Gasteiger partial charge on any atom is -0.457 e. The van der Waals surface area contributed by atoms with E-state index in [9.17, 15) is 0 Å². The van der Waals surface area contributed by atoms with E-state index in [0.717, 1.165) is 28.2 Å². The number of aromatic amines is 1. The lowest BCUT2D eigenvalue weighted by Gasteiger charge is -2.08. The van der Waals surface area contributed by atoms with Crippen LogP contribution in [0.3, 0.4) is 0 Å². The van der Waals surface area contributed by atoms with Crippen LogP contribution < -0.4 is 4.74 Å². The number of hydrogen-bond acceptors (Lipinski definition) is 4. The summed E-state index contributed by atoms with van der Waals surface area (Å²) in [7, 11) is 0. The summed E-state index contributed by atoms with van der Waals surface area (Å²) in [6.45, 7) is 0. The zero-order valence-corrected chi connectivity index (χ0v) is 13.8. The fourth-order valence-electron chi connectivity index (χ4n) is 2.70. The van der Waals surface area contributed by atoms with E-state index in [1.165, 1.54) is 0 Å². The summed E-state index contributed by atoms with van der Waals surface area (Å²) in [6.07, 6.45) is 0. The molecule has 0 aliphatic heterocycles. The number of nitrogens with one attached hydrogen (secondary N) is 1. The first-order valence-electron chi connectivity index (χ1n) is 8.08. The zero-order chi connectivity index (χ0) is 17.8. The molecule has 124 valence electrons. The molecule has 1 aromatic heterocycles. The standard InChI is InChI=1S/C21H14N4O/c22-14-20-21(24-25-23-20)17-6-4-5-16(13-17)15-9-11-19(12-10-15)26-18-7-2-1-3-8-18/h1-13H,(H,23,24,25). The van der Waals surface area contributed by atoms with Crippen LogP contribution in [0.4, 0.5) is 0 Å². The highest BCUT2D eigenvalue weighted by Crippen LogP contribution is 2.29. The van der Waals surface area contributed by atoms with Gasteiger partial charge in [0.05, 0.1) is 0 Å². The third-order valence-corrected chi connectivity index (χ3v) is 3.96. The Hall–Kier alpha value is -3.91. The minimum atomic E-state index is 0.286. The predicted octanol–water partition coefficient (Wildman–Crippen LogP) is 4.80. The Bertz CT molecular complexity index is 1060. The van der Waals surface area contributed by atoms with Crippen LogP contribution in [0, 0.1) is 11.3 Å². The second-order valence-corrected chi connectivity index (χ2v) is 5.65. The van der Waals surface area contributed by atoms with E-state index < -0.39 is 0 Å². The molecule has 4 aromatic rings. The normalized spacial score (nSPS) is 10.3. The van der Waals surface area contributed by atoms with Crippen molar-refractivity contribution in [2.75, 3.05) is 0 Å². The molecule has 4 rings (SSSR count). The van der Waals surface area contributed by atoms with E-state index in [2.05, 4.69) is 15.4 Å². The van der Waals surface area contributed by atoms with E-state index in [1.807, 2.05) is 84.9 Å². The summed E-state index contributed by atoms with van der Waals surface area (Å²) in [6, 6.07) is 27.5. The Balaban J connectivity index is 1.60. The van der Waals surface area contributed by atoms with Crippen molar-refractivity contribution < 1.29 is 4.74 Å². The van der Waals surface area contributed by atoms with Crippen LogP contribution in [-0.2, 0) is 0 Å². The fourth-order valence-corrected chi connectivity index (χ4v) is 2.70. The van der Waals surface area contributed by atoms with Crippen LogP contribution in [0.15, 0.2) is 78.9 Å². The summed E-state index contributed by atoms with van der Waals surface area (Å²) in [5.41, 5.74) is 3.76. The van der Waals surface area contributed by atoms with E-state index in [-0.39, 0.29) is 5.69 Å². The monoisotopic (exact) mass is 338 g/mol. The topological polar surface area (TPSA) is 74.6 Å². The van der Waals surface area contributed by atoms with Crippen LogP contribution in [-0.4, -0.2) is 15.4 Å². The summed E-state index contributed by atoms with van der Waals surface area (Å²) >= 11 is 0. The first-order chi connectivity index (χ1) is 12.8. The Labute approximate surface area is 150 Å². The quantitative estimate of drug-likeness (QED) is 0.580. The van der Waals surface area contributed by atoms with Gasteiger partial charge >= 0.3 is 0 Å². The van der Waals surface area contributed by atoms with Crippen LogP contribution in [0.25, 0.3) is 22.4 Å². The summed E-state index contributed by atoms with van der Waals surface area (Å²) in [4.78, 5) is 0. The summed E-state index contributed by atoms with van der Waals surface area (Å²) in [5.74, 6) is 1.58. The predicted molar refractivity (Wildman–Crippen MR) is 98.5 cm³/mol. The minimum absolute atomic E-state index is 0.286. The van der Waals surface area contributed by atoms with Gasteiger partial charge in [-0.15, -0.1) is 5.10 Å². The summed E-state index contributed by atoms with van der Waals surface area (Å²) in [5, 5.41) is 19.5. The molecule has 0 spiro atoms. The molecule has 26 heavy (non-hydrogen) atoms. The van der Waals surface area contributed by atoms with Crippen molar-refractivity contribution in [3.8, 4) is 40.0 Å². The third kappa shape index (κ3) is 3.17. The Morgan fingerprint density at radius 1 is 0.731 bits per heavy atom. The maximum atomic E-state index is 9.12. The highest BCUT2D eigenvalue weighted by Gasteiger charge is 2.10. The molecule has 0 atom stereocenters. The van der Waals surface area contributed by atoms with Gasteiger partial charge in [0, 0.05) is 5.56 Å². The second-order valence-electron chi connectivity index (χ2n) is 5.65. The zero-order valence-electron chi connectivity index (χ0n) is 13.8. The van der Waals surface area contributed by atoms with Gasteiger partial charge in [-0.25, -0.2) is 0 Å². The molecule has 0 saturated heterocycles. The van der Waals surface area contributed by atoms with Crippen molar-refractivity contribution >= 4 is 0 Å². The van der Waals surface area contributed by atoms with Crippen molar-refractivity contribution in [3.63, 3.8) is 0 Å². The molecule has 0 bridgehead atoms. The SMILES string of the molecule is N#Cc1n[nH]nc1-c1cccc(-c2ccc(Oc3ccccc3)cc2)c1. The molecule has 5 heteroatoms. The highest BCUT2D eigenvalue weighted by molar-refractivity contribution is 5.73. The number of para-hydroxylation sites is 1. The van der Waals surface area contributed by atoms with E-state index in [0.29, 0.717) is 5.69 Å². The molecule has 1 N–H and O–H groups in total. The second kappa shape index (κ2) is 6.91. The van der Waals surface area contributed by atoms with Crippen molar-refractivity contribution in [2.45, 2.75) is 0 Å². The molecule has 1 heterocycles. The molecule has 0 amide bonds. The number of hydrogen-bond donors (Lipinski definition) is 1. The average Bonchev–Trinajstić information content (AvgIpc) is 3.18. The Morgan fingerprint density at radius 2 is 1.46 bits per heavy atom. The fraction of sp³-hybridized carbons (Fsp3) is 0. The number of ether oxygens (including phenoxy) is 1. The largest absolute Gasteiger partial charge is 0.457 e. The lowest BCUT2D eigenvalue weighted by atomic mass is 10.0. The van der Waals surface area contributed by atoms with Crippen LogP contribution in [0.1, 0.15) is 5.69 Å². The van der Waals surface area contributed by atoms with Crippen LogP contribution in [0.2, 0.25) is 0 Å².